The van der Waals surface area contributed by atoms with Crippen molar-refractivity contribution in [1.82, 2.24) is 10.2 Å². The van der Waals surface area contributed by atoms with Gasteiger partial charge < -0.3 is 19.7 Å². The fourth-order valence-corrected chi connectivity index (χ4v) is 6.35. The number of piperidine rings is 1. The number of hydrogen-bond donors (Lipinski definition) is 1. The molecule has 2 aliphatic carbocycles. The second-order valence-corrected chi connectivity index (χ2v) is 10.6. The van der Waals surface area contributed by atoms with E-state index in [4.69, 9.17) is 9.47 Å². The molecule has 1 aliphatic heterocycles. The number of likely N-dealkylation sites (tertiary alicyclic amines) is 1. The SMILES string of the molecule is COC1CC(NC(=O)c2ccccc2)CC2(c3cccc(OC(C)=O)c3)CCN(CC3CC3)CC12. The molecule has 4 atom stereocenters. The van der Waals surface area contributed by atoms with Crippen LogP contribution < -0.4 is 10.1 Å². The van der Waals surface area contributed by atoms with Crippen LogP contribution in [0.15, 0.2) is 54.6 Å². The highest BCUT2D eigenvalue weighted by Gasteiger charge is 2.53. The van der Waals surface area contributed by atoms with Crippen molar-refractivity contribution in [2.24, 2.45) is 11.8 Å². The van der Waals surface area contributed by atoms with Crippen LogP contribution in [0.3, 0.4) is 0 Å². The number of carbonyl (C=O) groups is 2. The summed E-state index contributed by atoms with van der Waals surface area (Å²) in [6, 6.07) is 17.4. The zero-order chi connectivity index (χ0) is 24.4. The van der Waals surface area contributed by atoms with E-state index in [2.05, 4.69) is 16.3 Å². The maximum Gasteiger partial charge on any atom is 0.308 e. The van der Waals surface area contributed by atoms with E-state index in [-0.39, 0.29) is 29.4 Å². The zero-order valence-corrected chi connectivity index (χ0v) is 20.7. The molecule has 2 aromatic rings. The molecule has 1 heterocycles. The summed E-state index contributed by atoms with van der Waals surface area (Å²) in [7, 11) is 1.80. The fraction of sp³-hybridized carbons (Fsp3) is 0.517. The van der Waals surface area contributed by atoms with Crippen LogP contribution in [0.1, 0.15) is 54.9 Å². The summed E-state index contributed by atoms with van der Waals surface area (Å²) in [4.78, 5) is 27.3. The van der Waals surface area contributed by atoms with Gasteiger partial charge in [0.15, 0.2) is 0 Å². The van der Waals surface area contributed by atoms with Gasteiger partial charge in [0.05, 0.1) is 6.10 Å². The average Bonchev–Trinajstić information content (AvgIpc) is 3.68. The Labute approximate surface area is 208 Å². The molecule has 0 bridgehead atoms. The van der Waals surface area contributed by atoms with Gasteiger partial charge in [0, 0.05) is 50.1 Å². The first-order chi connectivity index (χ1) is 17.0. The minimum absolute atomic E-state index is 0.00345. The van der Waals surface area contributed by atoms with Crippen molar-refractivity contribution in [3.8, 4) is 5.75 Å². The normalized spacial score (nSPS) is 28.7. The Morgan fingerprint density at radius 3 is 2.63 bits per heavy atom. The Hall–Kier alpha value is -2.70. The van der Waals surface area contributed by atoms with Crippen LogP contribution in [-0.2, 0) is 14.9 Å². The lowest BCUT2D eigenvalue weighted by Gasteiger charge is -2.55. The van der Waals surface area contributed by atoms with Crippen molar-refractivity contribution in [2.45, 2.75) is 56.6 Å². The van der Waals surface area contributed by atoms with Crippen LogP contribution in [0.4, 0.5) is 0 Å². The molecule has 5 rings (SSSR count). The second-order valence-electron chi connectivity index (χ2n) is 10.6. The predicted molar refractivity (Wildman–Crippen MR) is 134 cm³/mol. The minimum atomic E-state index is -0.318. The quantitative estimate of drug-likeness (QED) is 0.480. The first-order valence-corrected chi connectivity index (χ1v) is 12.9. The van der Waals surface area contributed by atoms with Crippen LogP contribution in [0.25, 0.3) is 0 Å². The average molecular weight is 477 g/mol. The van der Waals surface area contributed by atoms with Crippen LogP contribution in [-0.4, -0.2) is 55.7 Å². The molecule has 186 valence electrons. The molecule has 4 unspecified atom stereocenters. The van der Waals surface area contributed by atoms with Crippen molar-refractivity contribution in [3.63, 3.8) is 0 Å². The molecule has 1 amide bonds. The van der Waals surface area contributed by atoms with Gasteiger partial charge in [0.2, 0.25) is 0 Å². The molecule has 0 radical (unpaired) electrons. The number of benzene rings is 2. The maximum absolute atomic E-state index is 13.0. The fourth-order valence-electron chi connectivity index (χ4n) is 6.35. The number of fused-ring (bicyclic) bond motifs is 1. The number of nitrogens with one attached hydrogen (secondary N) is 1. The molecule has 2 saturated carbocycles. The Morgan fingerprint density at radius 2 is 1.91 bits per heavy atom. The van der Waals surface area contributed by atoms with Crippen LogP contribution >= 0.6 is 0 Å². The smallest absolute Gasteiger partial charge is 0.308 e. The summed E-state index contributed by atoms with van der Waals surface area (Å²) in [5.74, 6) is 1.36. The summed E-state index contributed by atoms with van der Waals surface area (Å²) in [5.41, 5.74) is 1.69. The minimum Gasteiger partial charge on any atom is -0.427 e. The standard InChI is InChI=1S/C29H36N2O4/c1-20(32)35-25-10-6-9-23(15-25)29-13-14-31(18-21-11-12-21)19-26(29)27(34-2)16-24(17-29)30-28(33)22-7-4-3-5-8-22/h3-10,15,21,24,26-27H,11-14,16-19H2,1-2H3,(H,30,33). The molecular weight excluding hydrogens is 440 g/mol. The number of methoxy groups -OCH3 is 1. The summed E-state index contributed by atoms with van der Waals surface area (Å²) in [6.45, 7) is 4.62. The highest BCUT2D eigenvalue weighted by molar-refractivity contribution is 5.94. The van der Waals surface area contributed by atoms with Gasteiger partial charge in [0.25, 0.3) is 5.91 Å². The molecule has 1 N–H and O–H groups in total. The third kappa shape index (κ3) is 5.29. The summed E-state index contributed by atoms with van der Waals surface area (Å²) in [6.07, 6.45) is 5.35. The van der Waals surface area contributed by atoms with E-state index >= 15 is 0 Å². The number of nitrogens with zero attached hydrogens (tertiary/aromatic N) is 1. The van der Waals surface area contributed by atoms with E-state index in [1.54, 1.807) is 7.11 Å². The monoisotopic (exact) mass is 476 g/mol. The third-order valence-electron chi connectivity index (χ3n) is 8.17. The van der Waals surface area contributed by atoms with Crippen molar-refractivity contribution < 1.29 is 19.1 Å². The molecule has 6 heteroatoms. The van der Waals surface area contributed by atoms with Gasteiger partial charge in [-0.2, -0.15) is 0 Å². The zero-order valence-electron chi connectivity index (χ0n) is 20.7. The number of hydrogen-bond acceptors (Lipinski definition) is 5. The molecule has 2 aromatic carbocycles. The predicted octanol–water partition coefficient (Wildman–Crippen LogP) is 4.19. The van der Waals surface area contributed by atoms with Gasteiger partial charge >= 0.3 is 5.97 Å². The first-order valence-electron chi connectivity index (χ1n) is 12.9. The summed E-state index contributed by atoms with van der Waals surface area (Å²) in [5, 5.41) is 3.31. The number of rotatable bonds is 7. The molecule has 0 spiro atoms. The molecule has 3 fully saturated rings. The number of esters is 1. The first kappa shape index (κ1) is 24.0. The number of carbonyl (C=O) groups excluding carboxylic acids is 2. The van der Waals surface area contributed by atoms with E-state index < -0.39 is 0 Å². The van der Waals surface area contributed by atoms with E-state index in [1.165, 1.54) is 31.9 Å². The van der Waals surface area contributed by atoms with Crippen LogP contribution in [0.5, 0.6) is 5.75 Å². The lowest BCUT2D eigenvalue weighted by molar-refractivity contribution is -0.131. The third-order valence-corrected chi connectivity index (χ3v) is 8.17. The molecule has 1 saturated heterocycles. The Kier molecular flexibility index (Phi) is 6.94. The van der Waals surface area contributed by atoms with Gasteiger partial charge in [-0.05, 0) is 74.4 Å². The van der Waals surface area contributed by atoms with Crippen LogP contribution in [0, 0.1) is 11.8 Å². The number of ether oxygens (including phenoxy) is 2. The molecular formula is C29H36N2O4. The van der Waals surface area contributed by atoms with Crippen molar-refractivity contribution in [2.75, 3.05) is 26.7 Å². The highest BCUT2D eigenvalue weighted by atomic mass is 16.5. The Morgan fingerprint density at radius 1 is 1.11 bits per heavy atom. The Bertz CT molecular complexity index is 1050. The van der Waals surface area contributed by atoms with Crippen molar-refractivity contribution >= 4 is 11.9 Å². The molecule has 6 nitrogen and oxygen atoms in total. The highest BCUT2D eigenvalue weighted by Crippen LogP contribution is 2.51. The lowest BCUT2D eigenvalue weighted by atomic mass is 9.57. The van der Waals surface area contributed by atoms with Gasteiger partial charge in [0.1, 0.15) is 5.75 Å². The molecule has 0 aromatic heterocycles. The van der Waals surface area contributed by atoms with Gasteiger partial charge in [-0.3, -0.25) is 9.59 Å². The number of amides is 1. The summed E-state index contributed by atoms with van der Waals surface area (Å²) < 4.78 is 11.6. The van der Waals surface area contributed by atoms with E-state index in [0.29, 0.717) is 17.2 Å². The largest absolute Gasteiger partial charge is 0.427 e. The van der Waals surface area contributed by atoms with E-state index in [9.17, 15) is 9.59 Å². The maximum atomic E-state index is 13.0. The topological polar surface area (TPSA) is 67.9 Å². The van der Waals surface area contributed by atoms with Crippen molar-refractivity contribution in [1.29, 1.82) is 0 Å². The Balaban J connectivity index is 1.46. The van der Waals surface area contributed by atoms with Gasteiger partial charge in [-0.25, -0.2) is 0 Å². The molecule has 35 heavy (non-hydrogen) atoms. The van der Waals surface area contributed by atoms with Gasteiger partial charge in [-0.15, -0.1) is 0 Å². The lowest BCUT2D eigenvalue weighted by Crippen LogP contribution is -2.61. The van der Waals surface area contributed by atoms with Crippen LogP contribution in [0.2, 0.25) is 0 Å². The molecule has 3 aliphatic rings. The van der Waals surface area contributed by atoms with Gasteiger partial charge in [-0.1, -0.05) is 30.3 Å². The second kappa shape index (κ2) is 10.1. The van der Waals surface area contributed by atoms with Crippen molar-refractivity contribution in [3.05, 3.63) is 65.7 Å². The summed E-state index contributed by atoms with van der Waals surface area (Å²) >= 11 is 0. The van der Waals surface area contributed by atoms with E-state index in [1.807, 2.05) is 48.5 Å². The van der Waals surface area contributed by atoms with E-state index in [0.717, 1.165) is 38.3 Å².